The van der Waals surface area contributed by atoms with Crippen LogP contribution in [0.15, 0.2) is 88.6 Å². The van der Waals surface area contributed by atoms with Gasteiger partial charge in [-0.1, -0.05) is 72.5 Å². The third-order valence-corrected chi connectivity index (χ3v) is 5.21. The summed E-state index contributed by atoms with van der Waals surface area (Å²) in [6.07, 6.45) is 3.31. The third-order valence-electron chi connectivity index (χ3n) is 4.15. The van der Waals surface area contributed by atoms with E-state index >= 15 is 0 Å². The maximum Gasteiger partial charge on any atom is 0.201 e. The maximum absolute atomic E-state index is 5.75. The number of amidine groups is 1. The molecular weight excluding hydrogens is 376 g/mol. The third kappa shape index (κ3) is 3.56. The molecule has 136 valence electrons. The Morgan fingerprint density at radius 3 is 2.37 bits per heavy atom. The topological polar surface area (TPSA) is 44.0 Å². The standard InChI is InChI=1S/C20H18N4OS2/c1-27-20(26)22-24-18(15-9-4-2-5-10-15)21-23(16-11-6-3-7-12-16)19(24)17-13-8-14-25-17/h2-14,19H,1H3,(H,22,26). The smallest absolute Gasteiger partial charge is 0.201 e. The zero-order chi connectivity index (χ0) is 18.6. The molecule has 7 heteroatoms. The molecule has 3 aromatic rings. The van der Waals surface area contributed by atoms with Gasteiger partial charge in [0.25, 0.3) is 0 Å². The van der Waals surface area contributed by atoms with Gasteiger partial charge in [0.1, 0.15) is 0 Å². The van der Waals surface area contributed by atoms with E-state index in [4.69, 9.17) is 21.7 Å². The molecule has 0 amide bonds. The van der Waals surface area contributed by atoms with E-state index in [1.807, 2.05) is 89.1 Å². The molecule has 2 aromatic carbocycles. The molecule has 1 atom stereocenters. The molecule has 0 bridgehead atoms. The fraction of sp³-hybridized carbons (Fsp3) is 0.100. The van der Waals surface area contributed by atoms with Crippen LogP contribution in [0.5, 0.6) is 0 Å². The highest BCUT2D eigenvalue weighted by molar-refractivity contribution is 8.22. The first-order valence-corrected chi connectivity index (χ1v) is 10.1. The van der Waals surface area contributed by atoms with Crippen molar-refractivity contribution in [1.29, 1.82) is 0 Å². The molecule has 0 saturated heterocycles. The van der Waals surface area contributed by atoms with Gasteiger partial charge in [0, 0.05) is 5.56 Å². The molecule has 0 fully saturated rings. The predicted molar refractivity (Wildman–Crippen MR) is 114 cm³/mol. The van der Waals surface area contributed by atoms with Crippen LogP contribution >= 0.6 is 24.0 Å². The van der Waals surface area contributed by atoms with E-state index in [9.17, 15) is 0 Å². The summed E-state index contributed by atoms with van der Waals surface area (Å²) in [5.74, 6) is 1.54. The van der Waals surface area contributed by atoms with Crippen molar-refractivity contribution in [2.24, 2.45) is 5.10 Å². The van der Waals surface area contributed by atoms with Crippen molar-refractivity contribution in [1.82, 2.24) is 10.4 Å². The van der Waals surface area contributed by atoms with Gasteiger partial charge in [0.2, 0.25) is 6.17 Å². The van der Waals surface area contributed by atoms with Crippen molar-refractivity contribution in [3.8, 4) is 0 Å². The molecule has 0 spiro atoms. The van der Waals surface area contributed by atoms with Gasteiger partial charge in [-0.2, -0.15) is 0 Å². The van der Waals surface area contributed by atoms with E-state index in [0.717, 1.165) is 22.8 Å². The molecule has 5 nitrogen and oxygen atoms in total. The lowest BCUT2D eigenvalue weighted by atomic mass is 10.2. The number of thioether (sulfide) groups is 1. The summed E-state index contributed by atoms with van der Waals surface area (Å²) in [6, 6.07) is 23.9. The van der Waals surface area contributed by atoms with Gasteiger partial charge in [0.05, 0.1) is 12.0 Å². The number of furan rings is 1. The van der Waals surface area contributed by atoms with Crippen molar-refractivity contribution in [2.75, 3.05) is 11.3 Å². The molecule has 1 aromatic heterocycles. The summed E-state index contributed by atoms with van der Waals surface area (Å²) in [7, 11) is 0. The summed E-state index contributed by atoms with van der Waals surface area (Å²) in [4.78, 5) is 0. The zero-order valence-corrected chi connectivity index (χ0v) is 16.3. The number of rotatable bonds is 4. The Hall–Kier alpha value is -2.77. The number of benzene rings is 2. The minimum atomic E-state index is -0.303. The van der Waals surface area contributed by atoms with E-state index < -0.39 is 0 Å². The highest BCUT2D eigenvalue weighted by atomic mass is 32.2. The molecule has 0 saturated carbocycles. The van der Waals surface area contributed by atoms with E-state index in [1.165, 1.54) is 11.8 Å². The maximum atomic E-state index is 5.75. The van der Waals surface area contributed by atoms with Crippen LogP contribution in [0.25, 0.3) is 0 Å². The second-order valence-corrected chi connectivity index (χ2v) is 7.32. The Balaban J connectivity index is 1.83. The summed E-state index contributed by atoms with van der Waals surface area (Å²) in [5, 5.41) is 8.82. The number of anilines is 1. The molecule has 0 aliphatic carbocycles. The molecule has 1 aliphatic heterocycles. The fourth-order valence-corrected chi connectivity index (χ4v) is 3.23. The molecule has 1 unspecified atom stereocenters. The van der Waals surface area contributed by atoms with Gasteiger partial charge in [-0.15, -0.1) is 5.10 Å². The summed E-state index contributed by atoms with van der Waals surface area (Å²) in [5.41, 5.74) is 5.26. The van der Waals surface area contributed by atoms with E-state index in [2.05, 4.69) is 5.43 Å². The second-order valence-electron chi connectivity index (χ2n) is 5.83. The largest absolute Gasteiger partial charge is 0.465 e. The quantitative estimate of drug-likeness (QED) is 0.652. The van der Waals surface area contributed by atoms with Crippen molar-refractivity contribution in [3.05, 3.63) is 90.4 Å². The Morgan fingerprint density at radius 1 is 1.04 bits per heavy atom. The average Bonchev–Trinajstić information content (AvgIpc) is 3.37. The number of nitrogens with zero attached hydrogens (tertiary/aromatic N) is 3. The number of hydrogen-bond acceptors (Lipinski definition) is 6. The Labute approximate surface area is 167 Å². The van der Waals surface area contributed by atoms with Crippen molar-refractivity contribution < 1.29 is 4.42 Å². The molecule has 1 aliphatic rings. The predicted octanol–water partition coefficient (Wildman–Crippen LogP) is 4.61. The summed E-state index contributed by atoms with van der Waals surface area (Å²) in [6.45, 7) is 0. The average molecular weight is 395 g/mol. The molecule has 0 radical (unpaired) electrons. The fourth-order valence-electron chi connectivity index (χ4n) is 2.94. The molecule has 4 rings (SSSR count). The van der Waals surface area contributed by atoms with Crippen LogP contribution in [0.4, 0.5) is 5.69 Å². The molecule has 1 N–H and O–H groups in total. The van der Waals surface area contributed by atoms with Gasteiger partial charge in [-0.3, -0.25) is 5.43 Å². The Morgan fingerprint density at radius 2 is 1.74 bits per heavy atom. The zero-order valence-electron chi connectivity index (χ0n) is 14.6. The van der Waals surface area contributed by atoms with Crippen molar-refractivity contribution in [3.63, 3.8) is 0 Å². The molecule has 2 heterocycles. The summed E-state index contributed by atoms with van der Waals surface area (Å²) >= 11 is 6.92. The van der Waals surface area contributed by atoms with Crippen LogP contribution in [-0.2, 0) is 0 Å². The minimum absolute atomic E-state index is 0.303. The second kappa shape index (κ2) is 7.85. The number of thiocarbonyl (C=S) groups is 1. The van der Waals surface area contributed by atoms with E-state index in [1.54, 1.807) is 6.26 Å². The van der Waals surface area contributed by atoms with Gasteiger partial charge in [0.15, 0.2) is 15.9 Å². The van der Waals surface area contributed by atoms with Crippen molar-refractivity contribution in [2.45, 2.75) is 6.17 Å². The first kappa shape index (κ1) is 17.6. The number of hydrazone groups is 1. The van der Waals surface area contributed by atoms with Crippen LogP contribution in [0.3, 0.4) is 0 Å². The van der Waals surface area contributed by atoms with Crippen LogP contribution in [0.2, 0.25) is 0 Å². The normalized spacial score (nSPS) is 16.3. The first-order valence-electron chi connectivity index (χ1n) is 8.43. The van der Waals surface area contributed by atoms with Gasteiger partial charge < -0.3 is 4.42 Å². The van der Waals surface area contributed by atoms with Crippen LogP contribution in [-0.4, -0.2) is 21.4 Å². The first-order chi connectivity index (χ1) is 13.3. The minimum Gasteiger partial charge on any atom is -0.465 e. The van der Waals surface area contributed by atoms with Crippen LogP contribution in [0, 0.1) is 0 Å². The monoisotopic (exact) mass is 394 g/mol. The highest BCUT2D eigenvalue weighted by Crippen LogP contribution is 2.36. The molecule has 27 heavy (non-hydrogen) atoms. The lowest BCUT2D eigenvalue weighted by Crippen LogP contribution is -2.46. The summed E-state index contributed by atoms with van der Waals surface area (Å²) < 4.78 is 6.41. The Bertz CT molecular complexity index is 929. The Kier molecular flexibility index (Phi) is 5.13. The van der Waals surface area contributed by atoms with Crippen molar-refractivity contribution >= 4 is 39.8 Å². The van der Waals surface area contributed by atoms with E-state index in [-0.39, 0.29) is 6.17 Å². The van der Waals surface area contributed by atoms with E-state index in [0.29, 0.717) is 4.32 Å². The highest BCUT2D eigenvalue weighted by Gasteiger charge is 2.39. The van der Waals surface area contributed by atoms with Gasteiger partial charge in [-0.25, -0.2) is 10.0 Å². The van der Waals surface area contributed by atoms with Crippen LogP contribution < -0.4 is 10.4 Å². The number of hydrogen-bond donors (Lipinski definition) is 1. The number of nitrogens with one attached hydrogen (secondary N) is 1. The van der Waals surface area contributed by atoms with Crippen LogP contribution in [0.1, 0.15) is 17.5 Å². The number of para-hydroxylation sites is 1. The lowest BCUT2D eigenvalue weighted by Gasteiger charge is -2.30. The number of hydrazine groups is 1. The van der Waals surface area contributed by atoms with Gasteiger partial charge in [-0.05, 0) is 30.5 Å². The lowest BCUT2D eigenvalue weighted by molar-refractivity contribution is 0.264. The SMILES string of the molecule is CSC(=S)NN1C(c2ccccc2)=NN(c2ccccc2)C1c1ccco1. The molecular formula is C20H18N4OS2. The van der Waals surface area contributed by atoms with Gasteiger partial charge >= 0.3 is 0 Å².